The maximum atomic E-state index is 13.9. The molecule has 0 unspecified atom stereocenters. The van der Waals surface area contributed by atoms with Gasteiger partial charge < -0.3 is 10.1 Å². The number of benzene rings is 1. The standard InChI is InChI=1S/C16H22FN3O/c1-5-18-9-13-6-7-15(17)14(8-13)10-21-16-11(2)19-20(4)12(16)3/h6-8,18H,5,9-10H2,1-4H3. The van der Waals surface area contributed by atoms with Gasteiger partial charge in [0.05, 0.1) is 5.69 Å². The molecule has 4 nitrogen and oxygen atoms in total. The average molecular weight is 291 g/mol. The van der Waals surface area contributed by atoms with Crippen molar-refractivity contribution in [3.63, 3.8) is 0 Å². The predicted octanol–water partition coefficient (Wildman–Crippen LogP) is 2.86. The molecule has 0 atom stereocenters. The van der Waals surface area contributed by atoms with Crippen molar-refractivity contribution in [1.82, 2.24) is 15.1 Å². The number of ether oxygens (including phenoxy) is 1. The molecule has 0 radical (unpaired) electrons. The van der Waals surface area contributed by atoms with Crippen LogP contribution in [0, 0.1) is 19.7 Å². The summed E-state index contributed by atoms with van der Waals surface area (Å²) >= 11 is 0. The average Bonchev–Trinajstić information content (AvgIpc) is 2.70. The fourth-order valence-corrected chi connectivity index (χ4v) is 2.23. The van der Waals surface area contributed by atoms with Gasteiger partial charge in [-0.3, -0.25) is 4.68 Å². The maximum Gasteiger partial charge on any atom is 0.163 e. The molecule has 1 N–H and O–H groups in total. The summed E-state index contributed by atoms with van der Waals surface area (Å²) in [6.07, 6.45) is 0. The zero-order chi connectivity index (χ0) is 15.4. The van der Waals surface area contributed by atoms with Gasteiger partial charge in [-0.15, -0.1) is 0 Å². The van der Waals surface area contributed by atoms with Crippen LogP contribution in [0.25, 0.3) is 0 Å². The first-order valence-electron chi connectivity index (χ1n) is 7.14. The highest BCUT2D eigenvalue weighted by atomic mass is 19.1. The fraction of sp³-hybridized carbons (Fsp3) is 0.438. The first kappa shape index (κ1) is 15.5. The second-order valence-corrected chi connectivity index (χ2v) is 5.12. The highest BCUT2D eigenvalue weighted by Gasteiger charge is 2.12. The topological polar surface area (TPSA) is 39.1 Å². The number of nitrogens with zero attached hydrogens (tertiary/aromatic N) is 2. The number of hydrogen-bond donors (Lipinski definition) is 1. The van der Waals surface area contributed by atoms with Crippen LogP contribution in [0.1, 0.15) is 29.4 Å². The van der Waals surface area contributed by atoms with Crippen LogP contribution >= 0.6 is 0 Å². The lowest BCUT2D eigenvalue weighted by Crippen LogP contribution is -2.12. The second kappa shape index (κ2) is 6.72. The Hall–Kier alpha value is -1.88. The van der Waals surface area contributed by atoms with Gasteiger partial charge in [-0.25, -0.2) is 4.39 Å². The highest BCUT2D eigenvalue weighted by Crippen LogP contribution is 2.23. The van der Waals surface area contributed by atoms with Crippen molar-refractivity contribution < 1.29 is 9.13 Å². The van der Waals surface area contributed by atoms with Gasteiger partial charge in [0.25, 0.3) is 0 Å². The lowest BCUT2D eigenvalue weighted by molar-refractivity contribution is 0.295. The fourth-order valence-electron chi connectivity index (χ4n) is 2.23. The summed E-state index contributed by atoms with van der Waals surface area (Å²) in [5.74, 6) is 0.489. The lowest BCUT2D eigenvalue weighted by Gasteiger charge is -2.10. The van der Waals surface area contributed by atoms with Crippen molar-refractivity contribution in [2.45, 2.75) is 33.9 Å². The Morgan fingerprint density at radius 1 is 1.33 bits per heavy atom. The van der Waals surface area contributed by atoms with Crippen molar-refractivity contribution in [2.24, 2.45) is 7.05 Å². The van der Waals surface area contributed by atoms with E-state index < -0.39 is 0 Å². The van der Waals surface area contributed by atoms with E-state index in [0.29, 0.717) is 5.56 Å². The Balaban J connectivity index is 2.12. The number of rotatable bonds is 6. The van der Waals surface area contributed by atoms with Crippen molar-refractivity contribution in [3.8, 4) is 5.75 Å². The molecule has 1 aromatic heterocycles. The van der Waals surface area contributed by atoms with E-state index in [4.69, 9.17) is 4.74 Å². The number of nitrogens with one attached hydrogen (secondary N) is 1. The van der Waals surface area contributed by atoms with E-state index in [-0.39, 0.29) is 12.4 Å². The minimum atomic E-state index is -0.241. The number of aryl methyl sites for hydroxylation is 2. The van der Waals surface area contributed by atoms with Crippen molar-refractivity contribution in [2.75, 3.05) is 6.54 Å². The van der Waals surface area contributed by atoms with E-state index in [2.05, 4.69) is 10.4 Å². The number of aromatic nitrogens is 2. The summed E-state index contributed by atoms with van der Waals surface area (Å²) in [5, 5.41) is 7.52. The van der Waals surface area contributed by atoms with E-state index in [1.165, 1.54) is 6.07 Å². The smallest absolute Gasteiger partial charge is 0.163 e. The molecule has 0 saturated carbocycles. The van der Waals surface area contributed by atoms with Gasteiger partial charge in [0, 0.05) is 19.2 Å². The molecular weight excluding hydrogens is 269 g/mol. The Labute approximate surface area is 124 Å². The largest absolute Gasteiger partial charge is 0.485 e. The van der Waals surface area contributed by atoms with E-state index in [1.807, 2.05) is 33.9 Å². The molecule has 0 amide bonds. The monoisotopic (exact) mass is 291 g/mol. The van der Waals surface area contributed by atoms with Gasteiger partial charge in [0.1, 0.15) is 18.1 Å². The Bertz CT molecular complexity index is 622. The van der Waals surface area contributed by atoms with Crippen LogP contribution in [0.4, 0.5) is 4.39 Å². The third-order valence-corrected chi connectivity index (χ3v) is 3.50. The summed E-state index contributed by atoms with van der Waals surface area (Å²) in [6, 6.07) is 5.13. The van der Waals surface area contributed by atoms with E-state index in [1.54, 1.807) is 10.7 Å². The van der Waals surface area contributed by atoms with Gasteiger partial charge in [0.2, 0.25) is 0 Å². The molecule has 0 aliphatic carbocycles. The minimum absolute atomic E-state index is 0.208. The molecule has 21 heavy (non-hydrogen) atoms. The van der Waals surface area contributed by atoms with Crippen LogP contribution in [-0.2, 0) is 20.2 Å². The SMILES string of the molecule is CCNCc1ccc(F)c(COc2c(C)nn(C)c2C)c1. The zero-order valence-electron chi connectivity index (χ0n) is 13.0. The molecule has 2 aromatic rings. The zero-order valence-corrected chi connectivity index (χ0v) is 13.0. The normalized spacial score (nSPS) is 10.9. The summed E-state index contributed by atoms with van der Waals surface area (Å²) in [6.45, 7) is 7.69. The van der Waals surface area contributed by atoms with Crippen LogP contribution in [0.3, 0.4) is 0 Å². The second-order valence-electron chi connectivity index (χ2n) is 5.12. The van der Waals surface area contributed by atoms with Crippen molar-refractivity contribution >= 4 is 0 Å². The first-order chi connectivity index (χ1) is 10.0. The summed E-state index contributed by atoms with van der Waals surface area (Å²) < 4.78 is 21.4. The van der Waals surface area contributed by atoms with Crippen LogP contribution < -0.4 is 10.1 Å². The predicted molar refractivity (Wildman–Crippen MR) is 80.8 cm³/mol. The van der Waals surface area contributed by atoms with E-state index in [0.717, 1.165) is 35.8 Å². The molecule has 1 aromatic carbocycles. The summed E-state index contributed by atoms with van der Waals surface area (Å²) in [4.78, 5) is 0. The molecule has 5 heteroatoms. The Morgan fingerprint density at radius 2 is 2.10 bits per heavy atom. The molecular formula is C16H22FN3O. The van der Waals surface area contributed by atoms with Crippen molar-refractivity contribution in [3.05, 3.63) is 46.5 Å². The quantitative estimate of drug-likeness (QED) is 0.889. The third-order valence-electron chi connectivity index (χ3n) is 3.50. The molecule has 0 aliphatic rings. The molecule has 0 saturated heterocycles. The Morgan fingerprint density at radius 3 is 2.71 bits per heavy atom. The molecule has 0 aliphatic heterocycles. The molecule has 2 rings (SSSR count). The van der Waals surface area contributed by atoms with Crippen LogP contribution in [0.15, 0.2) is 18.2 Å². The van der Waals surface area contributed by atoms with Gasteiger partial charge in [-0.2, -0.15) is 5.10 Å². The van der Waals surface area contributed by atoms with Crippen LogP contribution in [-0.4, -0.2) is 16.3 Å². The molecule has 0 bridgehead atoms. The minimum Gasteiger partial charge on any atom is -0.485 e. The molecule has 114 valence electrons. The highest BCUT2D eigenvalue weighted by molar-refractivity contribution is 5.32. The van der Waals surface area contributed by atoms with Crippen molar-refractivity contribution in [1.29, 1.82) is 0 Å². The first-order valence-corrected chi connectivity index (χ1v) is 7.14. The van der Waals surface area contributed by atoms with E-state index >= 15 is 0 Å². The molecule has 0 spiro atoms. The van der Waals surface area contributed by atoms with Gasteiger partial charge in [-0.05, 0) is 38.1 Å². The van der Waals surface area contributed by atoms with Gasteiger partial charge >= 0.3 is 0 Å². The maximum absolute atomic E-state index is 13.9. The Kier molecular flexibility index (Phi) is 4.96. The third kappa shape index (κ3) is 3.61. The molecule has 1 heterocycles. The van der Waals surface area contributed by atoms with E-state index in [9.17, 15) is 4.39 Å². The summed E-state index contributed by atoms with van der Waals surface area (Å²) in [7, 11) is 1.87. The molecule has 0 fully saturated rings. The number of hydrogen-bond acceptors (Lipinski definition) is 3. The number of halogens is 1. The lowest BCUT2D eigenvalue weighted by atomic mass is 10.1. The van der Waals surface area contributed by atoms with Gasteiger partial charge in [-0.1, -0.05) is 13.0 Å². The summed E-state index contributed by atoms with van der Waals surface area (Å²) in [5.41, 5.74) is 3.38. The van der Waals surface area contributed by atoms with Gasteiger partial charge in [0.15, 0.2) is 5.75 Å². The van der Waals surface area contributed by atoms with Crippen LogP contribution in [0.2, 0.25) is 0 Å². The van der Waals surface area contributed by atoms with Crippen LogP contribution in [0.5, 0.6) is 5.75 Å².